The Balaban J connectivity index is 1.34. The number of aliphatic hydroxyl groups is 1. The molecular weight excluding hydrogens is 407 g/mol. The summed E-state index contributed by atoms with van der Waals surface area (Å²) in [7, 11) is 0. The van der Waals surface area contributed by atoms with Crippen LogP contribution in [0.3, 0.4) is 0 Å². The van der Waals surface area contributed by atoms with Gasteiger partial charge in [-0.3, -0.25) is 9.88 Å². The highest BCUT2D eigenvalue weighted by molar-refractivity contribution is 5.59. The summed E-state index contributed by atoms with van der Waals surface area (Å²) >= 11 is 0. The van der Waals surface area contributed by atoms with Crippen molar-refractivity contribution in [1.82, 2.24) is 20.0 Å². The number of likely N-dealkylation sites (tertiary alicyclic amines) is 1. The lowest BCUT2D eigenvalue weighted by Gasteiger charge is -2.21. The van der Waals surface area contributed by atoms with Crippen LogP contribution < -0.4 is 0 Å². The van der Waals surface area contributed by atoms with Crippen LogP contribution in [0.4, 0.5) is 4.39 Å². The van der Waals surface area contributed by atoms with E-state index in [0.717, 1.165) is 16.8 Å². The normalized spacial score (nSPS) is 18.8. The second-order valence-electron chi connectivity index (χ2n) is 8.17. The number of hydrogen-bond donors (Lipinski definition) is 1. The SMILES string of the molecule is Cc1ccc(-c2noc(C3CC(O)CN3Cc3ccc(-c4ccccn4)cc3)n2)cc1F. The molecule has 0 spiro atoms. The summed E-state index contributed by atoms with van der Waals surface area (Å²) in [5.74, 6) is 0.475. The Morgan fingerprint density at radius 3 is 2.66 bits per heavy atom. The molecule has 6 nitrogen and oxygen atoms in total. The molecule has 1 N–H and O–H groups in total. The van der Waals surface area contributed by atoms with E-state index in [1.54, 1.807) is 25.3 Å². The van der Waals surface area contributed by atoms with Gasteiger partial charge in [-0.1, -0.05) is 47.6 Å². The van der Waals surface area contributed by atoms with Crippen LogP contribution in [-0.2, 0) is 6.54 Å². The molecule has 0 aliphatic carbocycles. The van der Waals surface area contributed by atoms with E-state index in [4.69, 9.17) is 4.52 Å². The molecule has 1 aliphatic rings. The third kappa shape index (κ3) is 4.17. The van der Waals surface area contributed by atoms with Crippen molar-refractivity contribution in [3.05, 3.63) is 89.7 Å². The topological polar surface area (TPSA) is 75.3 Å². The molecule has 7 heteroatoms. The van der Waals surface area contributed by atoms with Crippen LogP contribution in [0.2, 0.25) is 0 Å². The lowest BCUT2D eigenvalue weighted by molar-refractivity contribution is 0.169. The van der Waals surface area contributed by atoms with Crippen molar-refractivity contribution in [3.8, 4) is 22.6 Å². The fourth-order valence-corrected chi connectivity index (χ4v) is 4.08. The lowest BCUT2D eigenvalue weighted by atomic mass is 10.1. The zero-order valence-corrected chi connectivity index (χ0v) is 17.6. The van der Waals surface area contributed by atoms with E-state index >= 15 is 0 Å². The zero-order valence-electron chi connectivity index (χ0n) is 17.6. The summed E-state index contributed by atoms with van der Waals surface area (Å²) in [5, 5.41) is 14.3. The van der Waals surface area contributed by atoms with E-state index in [9.17, 15) is 9.50 Å². The van der Waals surface area contributed by atoms with E-state index in [1.165, 1.54) is 6.07 Å². The number of pyridine rings is 1. The van der Waals surface area contributed by atoms with Crippen molar-refractivity contribution in [2.45, 2.75) is 32.0 Å². The first-order valence-electron chi connectivity index (χ1n) is 10.6. The van der Waals surface area contributed by atoms with Crippen molar-refractivity contribution >= 4 is 0 Å². The number of rotatable bonds is 5. The molecule has 0 bridgehead atoms. The maximum atomic E-state index is 13.9. The van der Waals surface area contributed by atoms with Gasteiger partial charge in [0, 0.05) is 30.4 Å². The Bertz CT molecular complexity index is 1210. The average Bonchev–Trinajstić information content (AvgIpc) is 3.43. The average molecular weight is 430 g/mol. The van der Waals surface area contributed by atoms with E-state index in [1.807, 2.05) is 18.2 Å². The Kier molecular flexibility index (Phi) is 5.51. The van der Waals surface area contributed by atoms with Crippen LogP contribution in [0.5, 0.6) is 0 Å². The number of hydrogen-bond acceptors (Lipinski definition) is 6. The van der Waals surface area contributed by atoms with Gasteiger partial charge in [-0.05, 0) is 42.7 Å². The molecule has 2 atom stereocenters. The van der Waals surface area contributed by atoms with E-state index in [-0.39, 0.29) is 11.9 Å². The molecule has 4 aromatic rings. The molecule has 1 saturated heterocycles. The Morgan fingerprint density at radius 2 is 1.91 bits per heavy atom. The van der Waals surface area contributed by atoms with Gasteiger partial charge in [0.1, 0.15) is 5.82 Å². The van der Waals surface area contributed by atoms with Crippen molar-refractivity contribution in [2.75, 3.05) is 6.54 Å². The summed E-state index contributed by atoms with van der Waals surface area (Å²) in [6.07, 6.45) is 1.82. The number of halogens is 1. The van der Waals surface area contributed by atoms with Crippen LogP contribution in [0.1, 0.15) is 29.5 Å². The number of benzene rings is 2. The predicted octanol–water partition coefficient (Wildman–Crippen LogP) is 4.55. The van der Waals surface area contributed by atoms with E-state index in [0.29, 0.717) is 42.4 Å². The first-order valence-corrected chi connectivity index (χ1v) is 10.6. The zero-order chi connectivity index (χ0) is 22.1. The molecular formula is C25H23FN4O2. The monoisotopic (exact) mass is 430 g/mol. The second-order valence-corrected chi connectivity index (χ2v) is 8.17. The molecule has 0 saturated carbocycles. The van der Waals surface area contributed by atoms with Gasteiger partial charge < -0.3 is 9.63 Å². The predicted molar refractivity (Wildman–Crippen MR) is 118 cm³/mol. The highest BCUT2D eigenvalue weighted by atomic mass is 19.1. The van der Waals surface area contributed by atoms with Crippen LogP contribution in [0, 0.1) is 12.7 Å². The number of nitrogens with zero attached hydrogens (tertiary/aromatic N) is 4. The van der Waals surface area contributed by atoms with Gasteiger partial charge in [0.05, 0.1) is 17.8 Å². The molecule has 2 aromatic carbocycles. The molecule has 3 heterocycles. The lowest BCUT2D eigenvalue weighted by Crippen LogP contribution is -2.24. The van der Waals surface area contributed by atoms with Gasteiger partial charge in [0.2, 0.25) is 11.7 Å². The van der Waals surface area contributed by atoms with Gasteiger partial charge in [-0.2, -0.15) is 4.98 Å². The molecule has 1 aliphatic heterocycles. The number of aromatic nitrogens is 3. The third-order valence-electron chi connectivity index (χ3n) is 5.84. The van der Waals surface area contributed by atoms with Crippen LogP contribution in [-0.4, -0.2) is 37.8 Å². The highest BCUT2D eigenvalue weighted by Gasteiger charge is 2.36. The van der Waals surface area contributed by atoms with Crippen molar-refractivity contribution in [3.63, 3.8) is 0 Å². The van der Waals surface area contributed by atoms with Crippen LogP contribution >= 0.6 is 0 Å². The fraction of sp³-hybridized carbons (Fsp3) is 0.240. The van der Waals surface area contributed by atoms with Crippen LogP contribution in [0.15, 0.2) is 71.4 Å². The third-order valence-corrected chi connectivity index (χ3v) is 5.84. The largest absolute Gasteiger partial charge is 0.392 e. The smallest absolute Gasteiger partial charge is 0.244 e. The first-order chi connectivity index (χ1) is 15.6. The molecule has 2 unspecified atom stereocenters. The summed E-state index contributed by atoms with van der Waals surface area (Å²) in [4.78, 5) is 11.0. The summed E-state index contributed by atoms with van der Waals surface area (Å²) in [6.45, 7) is 2.87. The maximum Gasteiger partial charge on any atom is 0.244 e. The first kappa shape index (κ1) is 20.5. The quantitative estimate of drug-likeness (QED) is 0.501. The minimum Gasteiger partial charge on any atom is -0.392 e. The fourth-order valence-electron chi connectivity index (χ4n) is 4.08. The van der Waals surface area contributed by atoms with Gasteiger partial charge in [0.15, 0.2) is 0 Å². The number of aliphatic hydroxyl groups excluding tert-OH is 1. The van der Waals surface area contributed by atoms with Gasteiger partial charge in [0.25, 0.3) is 0 Å². The minimum atomic E-state index is -0.472. The Hall–Kier alpha value is -3.42. The van der Waals surface area contributed by atoms with Crippen molar-refractivity contribution in [2.24, 2.45) is 0 Å². The summed E-state index contributed by atoms with van der Waals surface area (Å²) in [6, 6.07) is 18.8. The van der Waals surface area contributed by atoms with E-state index < -0.39 is 6.10 Å². The Labute approximate surface area is 185 Å². The molecule has 0 radical (unpaired) electrons. The molecule has 5 rings (SSSR count). The Morgan fingerprint density at radius 1 is 1.09 bits per heavy atom. The van der Waals surface area contributed by atoms with E-state index in [2.05, 4.69) is 44.3 Å². The van der Waals surface area contributed by atoms with Crippen LogP contribution in [0.25, 0.3) is 22.6 Å². The summed E-state index contributed by atoms with van der Waals surface area (Å²) in [5.41, 5.74) is 4.23. The van der Waals surface area contributed by atoms with Gasteiger partial charge in [-0.15, -0.1) is 0 Å². The molecule has 2 aromatic heterocycles. The number of aryl methyl sites for hydroxylation is 1. The van der Waals surface area contributed by atoms with Crippen molar-refractivity contribution < 1.29 is 14.0 Å². The number of β-amino-alcohol motifs (C(OH)–C–C–N with tert-alkyl or cyclic N) is 1. The molecule has 32 heavy (non-hydrogen) atoms. The molecule has 0 amide bonds. The standard InChI is InChI=1S/C25H23FN4O2/c1-16-5-8-19(12-21(16)26)24-28-25(32-29-24)23-13-20(31)15-30(23)14-17-6-9-18(10-7-17)22-4-2-3-11-27-22/h2-12,20,23,31H,13-15H2,1H3. The summed E-state index contributed by atoms with van der Waals surface area (Å²) < 4.78 is 19.5. The van der Waals surface area contributed by atoms with Crippen molar-refractivity contribution in [1.29, 1.82) is 0 Å². The highest BCUT2D eigenvalue weighted by Crippen LogP contribution is 2.34. The second kappa shape index (κ2) is 8.61. The molecule has 162 valence electrons. The minimum absolute atomic E-state index is 0.197. The maximum absolute atomic E-state index is 13.9. The molecule has 1 fully saturated rings. The van der Waals surface area contributed by atoms with Gasteiger partial charge in [-0.25, -0.2) is 4.39 Å². The van der Waals surface area contributed by atoms with Gasteiger partial charge >= 0.3 is 0 Å².